The van der Waals surface area contributed by atoms with Crippen LogP contribution in [0, 0.1) is 11.8 Å². The van der Waals surface area contributed by atoms with E-state index in [1.165, 1.54) is 13.4 Å². The highest BCUT2D eigenvalue weighted by molar-refractivity contribution is 6.12. The van der Waals surface area contributed by atoms with Crippen molar-refractivity contribution < 1.29 is 28.3 Å². The number of para-hydroxylation sites is 1. The van der Waals surface area contributed by atoms with Gasteiger partial charge in [-0.25, -0.2) is 4.79 Å². The number of esters is 2. The lowest BCUT2D eigenvalue weighted by Crippen LogP contribution is -2.44. The maximum atomic E-state index is 13.7. The summed E-state index contributed by atoms with van der Waals surface area (Å²) in [5, 5.41) is 3.49. The van der Waals surface area contributed by atoms with Crippen molar-refractivity contribution in [2.75, 3.05) is 13.7 Å². The minimum absolute atomic E-state index is 0.121. The van der Waals surface area contributed by atoms with Gasteiger partial charge in [-0.2, -0.15) is 0 Å². The molecule has 8 heteroatoms. The second-order valence-electron chi connectivity index (χ2n) is 8.27. The Morgan fingerprint density at radius 1 is 1.21 bits per heavy atom. The van der Waals surface area contributed by atoms with Crippen molar-refractivity contribution in [3.05, 3.63) is 68.9 Å². The van der Waals surface area contributed by atoms with Gasteiger partial charge in [-0.05, 0) is 38.3 Å². The van der Waals surface area contributed by atoms with Crippen molar-refractivity contribution in [1.29, 1.82) is 0 Å². The summed E-state index contributed by atoms with van der Waals surface area (Å²) in [5.41, 5.74) is 1.58. The number of hydrogen-bond acceptors (Lipinski definition) is 8. The molecule has 2 aliphatic rings. The molecule has 1 aliphatic carbocycles. The topological polar surface area (TPSA) is 112 Å². The van der Waals surface area contributed by atoms with Crippen LogP contribution in [0.15, 0.2) is 62.3 Å². The zero-order valence-corrected chi connectivity index (χ0v) is 18.9. The highest BCUT2D eigenvalue weighted by Crippen LogP contribution is 2.45. The number of fused-ring (bicyclic) bond motifs is 1. The van der Waals surface area contributed by atoms with Crippen molar-refractivity contribution in [2.45, 2.75) is 33.1 Å². The Bertz CT molecular complexity index is 1280. The Labute approximate surface area is 190 Å². The monoisotopic (exact) mass is 451 g/mol. The molecule has 1 aromatic heterocycles. The van der Waals surface area contributed by atoms with Gasteiger partial charge in [-0.1, -0.05) is 19.1 Å². The van der Waals surface area contributed by atoms with Gasteiger partial charge in [-0.3, -0.25) is 14.4 Å². The third-order valence-electron chi connectivity index (χ3n) is 6.26. The summed E-state index contributed by atoms with van der Waals surface area (Å²) >= 11 is 0. The van der Waals surface area contributed by atoms with Crippen LogP contribution in [-0.4, -0.2) is 31.4 Å². The highest BCUT2D eigenvalue weighted by atomic mass is 16.5. The highest BCUT2D eigenvalue weighted by Gasteiger charge is 2.48. The zero-order chi connectivity index (χ0) is 23.9. The first-order valence-corrected chi connectivity index (χ1v) is 10.8. The molecule has 2 aromatic rings. The molecule has 1 aliphatic heterocycles. The predicted octanol–water partition coefficient (Wildman–Crippen LogP) is 2.97. The first kappa shape index (κ1) is 22.5. The first-order valence-electron chi connectivity index (χ1n) is 10.8. The maximum Gasteiger partial charge on any atom is 0.336 e. The lowest BCUT2D eigenvalue weighted by atomic mass is 9.69. The largest absolute Gasteiger partial charge is 0.468 e. The molecule has 0 fully saturated rings. The van der Waals surface area contributed by atoms with Crippen LogP contribution in [0.2, 0.25) is 0 Å². The number of Topliss-reactive ketones (excluding diaryl/α,β-unsaturated/α-hetero) is 1. The van der Waals surface area contributed by atoms with Crippen molar-refractivity contribution in [2.24, 2.45) is 11.8 Å². The van der Waals surface area contributed by atoms with Crippen LogP contribution in [0.4, 0.5) is 0 Å². The number of nitrogens with one attached hydrogen (secondary N) is 1. The number of allylic oxidation sites excluding steroid dienone is 3. The molecule has 0 saturated carbocycles. The number of methoxy groups -OCH3 is 1. The third kappa shape index (κ3) is 3.65. The SMILES string of the molecule is CCOC(=O)C1=C(C)NC2=C(C(=O)[C@H](C(=O)OC)[C@H](C)C2)[C@H]1c1coc2ccccc2c1=O. The van der Waals surface area contributed by atoms with E-state index in [1.807, 2.05) is 0 Å². The van der Waals surface area contributed by atoms with E-state index in [9.17, 15) is 19.2 Å². The number of benzene rings is 1. The number of dihydropyridines is 1. The fourth-order valence-electron chi connectivity index (χ4n) is 4.76. The summed E-state index contributed by atoms with van der Waals surface area (Å²) in [6.07, 6.45) is 1.67. The van der Waals surface area contributed by atoms with Crippen LogP contribution in [0.25, 0.3) is 11.0 Å². The van der Waals surface area contributed by atoms with E-state index in [0.717, 1.165) is 0 Å². The predicted molar refractivity (Wildman–Crippen MR) is 119 cm³/mol. The minimum Gasteiger partial charge on any atom is -0.468 e. The molecule has 1 N–H and O–H groups in total. The van der Waals surface area contributed by atoms with Gasteiger partial charge in [0.05, 0.1) is 36.9 Å². The maximum absolute atomic E-state index is 13.7. The summed E-state index contributed by atoms with van der Waals surface area (Å²) in [4.78, 5) is 52.6. The number of ketones is 1. The molecule has 3 atom stereocenters. The molecule has 0 radical (unpaired) electrons. The summed E-state index contributed by atoms with van der Waals surface area (Å²) in [6.45, 7) is 5.29. The van der Waals surface area contributed by atoms with Crippen molar-refractivity contribution in [1.82, 2.24) is 5.32 Å². The normalized spacial score (nSPS) is 22.7. The summed E-state index contributed by atoms with van der Waals surface area (Å²) in [6, 6.07) is 6.76. The van der Waals surface area contributed by atoms with Crippen LogP contribution < -0.4 is 10.7 Å². The van der Waals surface area contributed by atoms with Gasteiger partial charge < -0.3 is 19.2 Å². The summed E-state index contributed by atoms with van der Waals surface area (Å²) in [5.74, 6) is -4.16. The number of carbonyl (C=O) groups is 3. The van der Waals surface area contributed by atoms with Gasteiger partial charge in [0.15, 0.2) is 11.2 Å². The molecule has 0 amide bonds. The number of ether oxygens (including phenoxy) is 2. The Hall–Kier alpha value is -3.68. The van der Waals surface area contributed by atoms with E-state index in [2.05, 4.69) is 5.32 Å². The fraction of sp³-hybridized carbons (Fsp3) is 0.360. The van der Waals surface area contributed by atoms with Crippen molar-refractivity contribution in [3.63, 3.8) is 0 Å². The molecular formula is C25H25NO7. The van der Waals surface area contributed by atoms with Crippen LogP contribution in [0.5, 0.6) is 0 Å². The first-order chi connectivity index (χ1) is 15.8. The van der Waals surface area contributed by atoms with Crippen LogP contribution in [-0.2, 0) is 23.9 Å². The molecule has 2 heterocycles. The molecule has 0 bridgehead atoms. The van der Waals surface area contributed by atoms with Gasteiger partial charge in [-0.15, -0.1) is 0 Å². The Balaban J connectivity index is 1.98. The third-order valence-corrected chi connectivity index (χ3v) is 6.26. The van der Waals surface area contributed by atoms with E-state index in [0.29, 0.717) is 28.8 Å². The average Bonchev–Trinajstić information content (AvgIpc) is 2.78. The number of carbonyl (C=O) groups excluding carboxylic acids is 3. The Morgan fingerprint density at radius 3 is 2.64 bits per heavy atom. The quantitative estimate of drug-likeness (QED) is 0.558. The van der Waals surface area contributed by atoms with E-state index in [1.54, 1.807) is 45.0 Å². The van der Waals surface area contributed by atoms with Crippen molar-refractivity contribution in [3.8, 4) is 0 Å². The van der Waals surface area contributed by atoms with Gasteiger partial charge in [0.1, 0.15) is 11.5 Å². The summed E-state index contributed by atoms with van der Waals surface area (Å²) in [7, 11) is 1.23. The fourth-order valence-corrected chi connectivity index (χ4v) is 4.76. The number of hydrogen-bond donors (Lipinski definition) is 1. The molecule has 0 saturated heterocycles. The van der Waals surface area contributed by atoms with Gasteiger partial charge in [0, 0.05) is 22.5 Å². The van der Waals surface area contributed by atoms with E-state index < -0.39 is 29.6 Å². The molecule has 0 unspecified atom stereocenters. The van der Waals surface area contributed by atoms with Gasteiger partial charge in [0.25, 0.3) is 0 Å². The molecule has 8 nitrogen and oxygen atoms in total. The van der Waals surface area contributed by atoms with Gasteiger partial charge in [0.2, 0.25) is 0 Å². The molecule has 4 rings (SSSR count). The smallest absolute Gasteiger partial charge is 0.336 e. The van der Waals surface area contributed by atoms with Crippen LogP contribution >= 0.6 is 0 Å². The number of rotatable bonds is 4. The van der Waals surface area contributed by atoms with Crippen LogP contribution in [0.3, 0.4) is 0 Å². The van der Waals surface area contributed by atoms with E-state index >= 15 is 0 Å². The van der Waals surface area contributed by atoms with Crippen molar-refractivity contribution >= 4 is 28.7 Å². The summed E-state index contributed by atoms with van der Waals surface area (Å²) < 4.78 is 15.9. The molecular weight excluding hydrogens is 426 g/mol. The van der Waals surface area contributed by atoms with Crippen LogP contribution in [0.1, 0.15) is 38.7 Å². The standard InChI is InChI=1S/C25H25NO7/c1-5-32-25(30)19-13(3)26-16-10-12(2)18(24(29)31-4)23(28)21(16)20(19)15-11-33-17-9-7-6-8-14(17)22(15)27/h6-9,11-12,18,20,26H,5,10H2,1-4H3/t12-,18-,20+/m1/s1. The average molecular weight is 451 g/mol. The van der Waals surface area contributed by atoms with E-state index in [4.69, 9.17) is 13.9 Å². The lowest BCUT2D eigenvalue weighted by molar-refractivity contribution is -0.151. The second kappa shape index (κ2) is 8.69. The Kier molecular flexibility index (Phi) is 5.93. The van der Waals surface area contributed by atoms with Gasteiger partial charge >= 0.3 is 11.9 Å². The molecule has 0 spiro atoms. The second-order valence-corrected chi connectivity index (χ2v) is 8.27. The molecule has 33 heavy (non-hydrogen) atoms. The Morgan fingerprint density at radius 2 is 1.94 bits per heavy atom. The lowest BCUT2D eigenvalue weighted by Gasteiger charge is -2.37. The van der Waals surface area contributed by atoms with E-state index in [-0.39, 0.29) is 34.7 Å². The minimum atomic E-state index is -1.03. The molecule has 1 aromatic carbocycles. The molecule has 172 valence electrons. The zero-order valence-electron chi connectivity index (χ0n) is 18.9.